The fourth-order valence-electron chi connectivity index (χ4n) is 0.612. The van der Waals surface area contributed by atoms with Gasteiger partial charge in [-0.3, -0.25) is 0 Å². The summed E-state index contributed by atoms with van der Waals surface area (Å²) >= 11 is 0. The smallest absolute Gasteiger partial charge is 0.0819 e. The molecule has 0 aliphatic rings. The first-order valence-corrected chi connectivity index (χ1v) is 3.27. The van der Waals surface area contributed by atoms with Gasteiger partial charge in [0.1, 0.15) is 0 Å². The molecule has 0 heterocycles. The summed E-state index contributed by atoms with van der Waals surface area (Å²) in [6.07, 6.45) is 2.75. The van der Waals surface area contributed by atoms with Crippen LogP contribution in [0.25, 0.3) is 0 Å². The van der Waals surface area contributed by atoms with Crippen LogP contribution in [0.15, 0.2) is 0 Å². The van der Waals surface area contributed by atoms with Crippen LogP contribution in [0.3, 0.4) is 0 Å². The van der Waals surface area contributed by atoms with Gasteiger partial charge in [-0.25, -0.2) is 0 Å². The summed E-state index contributed by atoms with van der Waals surface area (Å²) < 4.78 is 0. The summed E-state index contributed by atoms with van der Waals surface area (Å²) in [6, 6.07) is 0. The molecule has 3 heteroatoms. The van der Waals surface area contributed by atoms with E-state index < -0.39 is 0 Å². The molecule has 0 bridgehead atoms. The topological polar surface area (TPSA) is 0 Å². The van der Waals surface area contributed by atoms with Gasteiger partial charge < -0.3 is 0 Å². The zero-order valence-electron chi connectivity index (χ0n) is 5.70. The fourth-order valence-corrected chi connectivity index (χ4v) is 0.612. The summed E-state index contributed by atoms with van der Waals surface area (Å²) in [7, 11) is 3.67. The summed E-state index contributed by atoms with van der Waals surface area (Å²) in [6.45, 7) is 5.41. The second-order valence-electron chi connectivity index (χ2n) is 2.54. The van der Waals surface area contributed by atoms with E-state index in [2.05, 4.69) is 21.5 Å². The largest absolute Gasteiger partial charge is 0.0996 e. The molecule has 0 aliphatic carbocycles. The average molecular weight is 93.6 g/mol. The van der Waals surface area contributed by atoms with Crippen molar-refractivity contribution in [1.82, 2.24) is 0 Å². The van der Waals surface area contributed by atoms with Crippen molar-refractivity contribution >= 4 is 21.4 Å². The van der Waals surface area contributed by atoms with Gasteiger partial charge in [-0.05, 0) is 0 Å². The number of hydrogen-bond acceptors (Lipinski definition) is 0. The van der Waals surface area contributed by atoms with E-state index in [-0.39, 0.29) is 0 Å². The monoisotopic (exact) mass is 94.1 g/mol. The molecule has 0 atom stereocenters. The Labute approximate surface area is 48.8 Å². The molecule has 0 nitrogen and oxygen atoms in total. The maximum absolute atomic E-state index is 2.27. The second kappa shape index (κ2) is 4.36. The number of rotatable bonds is 3. The highest BCUT2D eigenvalue weighted by molar-refractivity contribution is 7.34. The van der Waals surface area contributed by atoms with Gasteiger partial charge >= 0.3 is 0 Å². The summed E-state index contributed by atoms with van der Waals surface area (Å²) in [5.74, 6) is 0. The van der Waals surface area contributed by atoms with Crippen molar-refractivity contribution in [3.8, 4) is 0 Å². The third-order valence-corrected chi connectivity index (χ3v) is 1.14. The number of hydrogen-bond donors (Lipinski definition) is 0. The lowest BCUT2D eigenvalue weighted by atomic mass is 9.11. The van der Waals surface area contributed by atoms with E-state index in [9.17, 15) is 0 Å². The van der Waals surface area contributed by atoms with E-state index >= 15 is 0 Å². The van der Waals surface area contributed by atoms with Crippen molar-refractivity contribution in [2.24, 2.45) is 0 Å². The first-order valence-electron chi connectivity index (χ1n) is 3.27. The molecule has 0 N–H and O–H groups in total. The molecule has 0 radical (unpaired) electrons. The van der Waals surface area contributed by atoms with E-state index in [1.54, 1.807) is 0 Å². The molecule has 0 unspecified atom stereocenters. The maximum Gasteiger partial charge on any atom is 0.0819 e. The van der Waals surface area contributed by atoms with Crippen LogP contribution in [0.1, 0.15) is 13.3 Å². The van der Waals surface area contributed by atoms with Gasteiger partial charge in [-0.1, -0.05) is 26.5 Å². The van der Waals surface area contributed by atoms with E-state index in [0.717, 1.165) is 6.49 Å². The Kier molecular flexibility index (Phi) is 4.48. The summed E-state index contributed by atoms with van der Waals surface area (Å²) in [5.41, 5.74) is 0. The second-order valence-corrected chi connectivity index (χ2v) is 2.54. The predicted octanol–water partition coefficient (Wildman–Crippen LogP) is 0.00230. The Morgan fingerprint density at radius 3 is 2.43 bits per heavy atom. The quantitative estimate of drug-likeness (QED) is 0.431. The molecule has 0 amide bonds. The standard InChI is InChI=1S/C4H13B3/c1-3-4-6-7(2)5/h6H,3-5H2,1-2H3. The molecule has 0 rings (SSSR count). The van der Waals surface area contributed by atoms with Crippen LogP contribution in [0.2, 0.25) is 13.1 Å². The molecule has 0 fully saturated rings. The van der Waals surface area contributed by atoms with Gasteiger partial charge in [0.2, 0.25) is 0 Å². The molecule has 0 aromatic rings. The first kappa shape index (κ1) is 7.19. The molecule has 7 heavy (non-hydrogen) atoms. The molecule has 0 aromatic carbocycles. The van der Waals surface area contributed by atoms with E-state index in [1.807, 2.05) is 0 Å². The highest BCUT2D eigenvalue weighted by Gasteiger charge is 1.96. The van der Waals surface area contributed by atoms with Crippen LogP contribution < -0.4 is 0 Å². The Morgan fingerprint density at radius 1 is 1.71 bits per heavy atom. The maximum atomic E-state index is 2.27. The third-order valence-electron chi connectivity index (χ3n) is 1.14. The van der Waals surface area contributed by atoms with Gasteiger partial charge in [0, 0.05) is 0 Å². The minimum atomic E-state index is 0.903. The van der Waals surface area contributed by atoms with E-state index in [0.29, 0.717) is 0 Å². The first-order chi connectivity index (χ1) is 3.27. The third kappa shape index (κ3) is 6.19. The molecular weight excluding hydrogens is 80.5 g/mol. The van der Waals surface area contributed by atoms with Crippen molar-refractivity contribution in [1.29, 1.82) is 0 Å². The summed E-state index contributed by atoms with van der Waals surface area (Å²) in [4.78, 5) is 0. The zero-order valence-corrected chi connectivity index (χ0v) is 5.70. The minimum absolute atomic E-state index is 0.903. The Hall–Kier alpha value is 0.195. The Balaban J connectivity index is 2.68. The molecule has 0 saturated carbocycles. The highest BCUT2D eigenvalue weighted by atomic mass is 13.6. The van der Waals surface area contributed by atoms with Crippen LogP contribution in [0.4, 0.5) is 0 Å². The minimum Gasteiger partial charge on any atom is -0.0996 e. The lowest BCUT2D eigenvalue weighted by molar-refractivity contribution is 1.08. The SMILES string of the molecule is BB(C)BCCC. The predicted molar refractivity (Wildman–Crippen MR) is 42.4 cm³/mol. The van der Waals surface area contributed by atoms with Crippen LogP contribution in [0, 0.1) is 0 Å². The molecular formula is C4H13B3. The van der Waals surface area contributed by atoms with Gasteiger partial charge in [0.25, 0.3) is 0 Å². The zero-order chi connectivity index (χ0) is 5.70. The average Bonchev–Trinajstić information content (AvgIpc) is 1.61. The van der Waals surface area contributed by atoms with Crippen LogP contribution in [-0.4, -0.2) is 21.4 Å². The fraction of sp³-hybridized carbons (Fsp3) is 1.00. The van der Waals surface area contributed by atoms with Crippen LogP contribution in [-0.2, 0) is 0 Å². The van der Waals surface area contributed by atoms with Crippen molar-refractivity contribution in [3.63, 3.8) is 0 Å². The van der Waals surface area contributed by atoms with Crippen molar-refractivity contribution in [3.05, 3.63) is 0 Å². The van der Waals surface area contributed by atoms with E-state index in [4.69, 9.17) is 0 Å². The van der Waals surface area contributed by atoms with Gasteiger partial charge in [0.15, 0.2) is 0 Å². The lowest BCUT2D eigenvalue weighted by Gasteiger charge is -1.92. The summed E-state index contributed by atoms with van der Waals surface area (Å²) in [5, 5.41) is 0. The van der Waals surface area contributed by atoms with Crippen molar-refractivity contribution in [2.75, 3.05) is 0 Å². The van der Waals surface area contributed by atoms with Gasteiger partial charge in [-0.2, -0.15) is 0 Å². The Bertz CT molecular complexity index is 35.9. The molecule has 0 saturated heterocycles. The Morgan fingerprint density at radius 2 is 2.29 bits per heavy atom. The lowest BCUT2D eigenvalue weighted by Crippen LogP contribution is -2.16. The molecule has 38 valence electrons. The van der Waals surface area contributed by atoms with Gasteiger partial charge in [0.05, 0.1) is 21.4 Å². The van der Waals surface area contributed by atoms with Gasteiger partial charge in [-0.15, -0.1) is 0 Å². The van der Waals surface area contributed by atoms with Crippen LogP contribution in [0.5, 0.6) is 0 Å². The van der Waals surface area contributed by atoms with Crippen molar-refractivity contribution < 1.29 is 0 Å². The normalized spacial score (nSPS) is 8.29. The van der Waals surface area contributed by atoms with E-state index in [1.165, 1.54) is 19.9 Å². The highest BCUT2D eigenvalue weighted by Crippen LogP contribution is 1.85. The molecule has 0 aliphatic heterocycles. The van der Waals surface area contributed by atoms with Crippen LogP contribution >= 0.6 is 0 Å². The van der Waals surface area contributed by atoms with Crippen molar-refractivity contribution in [2.45, 2.75) is 26.5 Å². The molecule has 0 spiro atoms. The molecule has 0 aromatic heterocycles.